The van der Waals surface area contributed by atoms with Gasteiger partial charge >= 0.3 is 6.09 Å². The summed E-state index contributed by atoms with van der Waals surface area (Å²) >= 11 is 12.5. The molecule has 7 nitrogen and oxygen atoms in total. The van der Waals surface area contributed by atoms with Crippen LogP contribution in [-0.4, -0.2) is 40.9 Å². The van der Waals surface area contributed by atoms with Crippen LogP contribution >= 0.6 is 23.2 Å². The van der Waals surface area contributed by atoms with Gasteiger partial charge in [-0.15, -0.1) is 0 Å². The first-order valence-electron chi connectivity index (χ1n) is 11.1. The van der Waals surface area contributed by atoms with Gasteiger partial charge in [0.05, 0.1) is 21.3 Å². The van der Waals surface area contributed by atoms with Crippen molar-refractivity contribution in [1.29, 1.82) is 0 Å². The summed E-state index contributed by atoms with van der Waals surface area (Å²) in [6.45, 7) is 11.5. The van der Waals surface area contributed by atoms with E-state index < -0.39 is 11.7 Å². The summed E-state index contributed by atoms with van der Waals surface area (Å²) in [5.74, 6) is 0.626. The van der Waals surface area contributed by atoms with Crippen molar-refractivity contribution in [2.45, 2.75) is 53.1 Å². The molecule has 0 saturated carbocycles. The lowest BCUT2D eigenvalue weighted by Crippen LogP contribution is -2.47. The Morgan fingerprint density at radius 1 is 1.24 bits per heavy atom. The molecule has 0 spiro atoms. The molecular formula is C24H32Cl2N4O3. The van der Waals surface area contributed by atoms with Crippen molar-refractivity contribution in [1.82, 2.24) is 14.9 Å². The third kappa shape index (κ3) is 5.82. The van der Waals surface area contributed by atoms with Crippen LogP contribution in [0, 0.1) is 12.3 Å². The van der Waals surface area contributed by atoms with Crippen LogP contribution in [0.2, 0.25) is 10.0 Å². The maximum absolute atomic E-state index is 13.3. The van der Waals surface area contributed by atoms with E-state index in [1.165, 1.54) is 0 Å². The largest absolute Gasteiger partial charge is 0.444 e. The molecule has 0 unspecified atom stereocenters. The molecule has 0 atom stereocenters. The predicted molar refractivity (Wildman–Crippen MR) is 133 cm³/mol. The quantitative estimate of drug-likeness (QED) is 0.632. The Bertz CT molecular complexity index is 1100. The van der Waals surface area contributed by atoms with E-state index in [2.05, 4.69) is 17.1 Å². The number of nitrogens with zero attached hydrogens (tertiary/aromatic N) is 3. The summed E-state index contributed by atoms with van der Waals surface area (Å²) in [6.07, 6.45) is 1.29. The van der Waals surface area contributed by atoms with E-state index in [0.717, 1.165) is 25.9 Å². The topological polar surface area (TPSA) is 76.5 Å². The number of halogens is 2. The third-order valence-corrected chi connectivity index (χ3v) is 6.80. The van der Waals surface area contributed by atoms with Crippen LogP contribution in [0.5, 0.6) is 0 Å². The zero-order valence-corrected chi connectivity index (χ0v) is 21.6. The molecule has 1 N–H and O–H groups in total. The first-order chi connectivity index (χ1) is 15.3. The number of hydrogen-bond donors (Lipinski definition) is 1. The Balaban J connectivity index is 1.75. The molecule has 3 rings (SSSR count). The lowest BCUT2D eigenvalue weighted by molar-refractivity contribution is 0.0495. The van der Waals surface area contributed by atoms with Crippen LogP contribution in [0.4, 0.5) is 10.7 Å². The van der Waals surface area contributed by atoms with Crippen LogP contribution in [0.1, 0.15) is 46.2 Å². The molecule has 33 heavy (non-hydrogen) atoms. The Morgan fingerprint density at radius 2 is 1.88 bits per heavy atom. The summed E-state index contributed by atoms with van der Waals surface area (Å²) in [5, 5.41) is 3.64. The van der Waals surface area contributed by atoms with Gasteiger partial charge in [0.15, 0.2) is 0 Å². The molecule has 1 aromatic heterocycles. The average Bonchev–Trinajstić information content (AvgIpc) is 2.72. The zero-order valence-electron chi connectivity index (χ0n) is 20.1. The van der Waals surface area contributed by atoms with Gasteiger partial charge in [-0.05, 0) is 52.0 Å². The summed E-state index contributed by atoms with van der Waals surface area (Å²) < 4.78 is 6.91. The number of carbonyl (C=O) groups is 1. The van der Waals surface area contributed by atoms with Crippen molar-refractivity contribution < 1.29 is 9.53 Å². The number of aryl methyl sites for hydroxylation is 1. The van der Waals surface area contributed by atoms with E-state index in [4.69, 9.17) is 32.9 Å². The fourth-order valence-electron chi connectivity index (χ4n) is 4.01. The Hall–Kier alpha value is -2.25. The standard InChI is InChI=1S/C24H32Cl2N4O3/c1-15-18(16-8-7-9-17(25)19(16)26)20(31)29(6)21(28-15)30-12-10-24(5,11-13-30)14-27-22(32)33-23(2,3)4/h7-9H,10-14H2,1-6H3,(H,27,32). The van der Waals surface area contributed by atoms with Crippen LogP contribution in [0.25, 0.3) is 11.1 Å². The van der Waals surface area contributed by atoms with Crippen LogP contribution in [0.15, 0.2) is 23.0 Å². The highest BCUT2D eigenvalue weighted by atomic mass is 35.5. The molecule has 180 valence electrons. The van der Waals surface area contributed by atoms with Gasteiger partial charge in [-0.2, -0.15) is 0 Å². The van der Waals surface area contributed by atoms with Gasteiger partial charge in [-0.3, -0.25) is 9.36 Å². The van der Waals surface area contributed by atoms with Crippen molar-refractivity contribution >= 4 is 35.2 Å². The highest BCUT2D eigenvalue weighted by Gasteiger charge is 2.33. The smallest absolute Gasteiger partial charge is 0.407 e. The second-order valence-corrected chi connectivity index (χ2v) is 10.8. The number of alkyl carbamates (subject to hydrolysis) is 1. The van der Waals surface area contributed by atoms with E-state index in [1.54, 1.807) is 29.8 Å². The molecule has 1 aromatic carbocycles. The molecule has 1 fully saturated rings. The normalized spacial score (nSPS) is 15.9. The highest BCUT2D eigenvalue weighted by molar-refractivity contribution is 6.43. The van der Waals surface area contributed by atoms with Crippen molar-refractivity contribution in [2.75, 3.05) is 24.5 Å². The number of amides is 1. The number of benzene rings is 1. The number of ether oxygens (including phenoxy) is 1. The van der Waals surface area contributed by atoms with Gasteiger partial charge < -0.3 is 15.0 Å². The Labute approximate surface area is 205 Å². The van der Waals surface area contributed by atoms with Gasteiger partial charge in [-0.25, -0.2) is 9.78 Å². The zero-order chi connectivity index (χ0) is 24.6. The molecule has 1 aliphatic rings. The van der Waals surface area contributed by atoms with Crippen LogP contribution in [-0.2, 0) is 11.8 Å². The van der Waals surface area contributed by atoms with Gasteiger partial charge in [0.1, 0.15) is 5.60 Å². The molecule has 0 bridgehead atoms. The fraction of sp³-hybridized carbons (Fsp3) is 0.542. The van der Waals surface area contributed by atoms with Gasteiger partial charge in [0.25, 0.3) is 5.56 Å². The molecule has 1 amide bonds. The summed E-state index contributed by atoms with van der Waals surface area (Å²) in [5.41, 5.74) is 0.899. The third-order valence-electron chi connectivity index (χ3n) is 5.98. The average molecular weight is 495 g/mol. The van der Waals surface area contributed by atoms with E-state index in [-0.39, 0.29) is 11.0 Å². The monoisotopic (exact) mass is 494 g/mol. The number of hydrogen-bond acceptors (Lipinski definition) is 5. The number of nitrogens with one attached hydrogen (secondary N) is 1. The lowest BCUT2D eigenvalue weighted by Gasteiger charge is -2.40. The van der Waals surface area contributed by atoms with E-state index in [9.17, 15) is 9.59 Å². The van der Waals surface area contributed by atoms with Crippen molar-refractivity contribution in [2.24, 2.45) is 12.5 Å². The lowest BCUT2D eigenvalue weighted by atomic mass is 9.80. The first kappa shape index (κ1) is 25.4. The van der Waals surface area contributed by atoms with Gasteiger partial charge in [0, 0.05) is 32.2 Å². The summed E-state index contributed by atoms with van der Waals surface area (Å²) in [6, 6.07) is 5.24. The van der Waals surface area contributed by atoms with Gasteiger partial charge in [0.2, 0.25) is 5.95 Å². The van der Waals surface area contributed by atoms with Crippen LogP contribution in [0.3, 0.4) is 0 Å². The molecule has 2 heterocycles. The fourth-order valence-corrected chi connectivity index (χ4v) is 4.40. The maximum Gasteiger partial charge on any atom is 0.407 e. The molecule has 1 saturated heterocycles. The second-order valence-electron chi connectivity index (χ2n) is 9.99. The number of carbonyl (C=O) groups excluding carboxylic acids is 1. The minimum Gasteiger partial charge on any atom is -0.444 e. The number of anilines is 1. The van der Waals surface area contributed by atoms with E-state index >= 15 is 0 Å². The molecule has 1 aliphatic heterocycles. The second kappa shape index (κ2) is 9.55. The molecule has 9 heteroatoms. The predicted octanol–water partition coefficient (Wildman–Crippen LogP) is 5.19. The number of rotatable bonds is 4. The number of piperidine rings is 1. The summed E-state index contributed by atoms with van der Waals surface area (Å²) in [7, 11) is 1.73. The van der Waals surface area contributed by atoms with Crippen molar-refractivity contribution in [3.05, 3.63) is 44.3 Å². The molecule has 0 radical (unpaired) electrons. The Kier molecular flexibility index (Phi) is 7.34. The van der Waals surface area contributed by atoms with Gasteiger partial charge in [-0.1, -0.05) is 42.3 Å². The molecule has 2 aromatic rings. The minimum absolute atomic E-state index is 0.0600. The van der Waals surface area contributed by atoms with Crippen molar-refractivity contribution in [3.63, 3.8) is 0 Å². The van der Waals surface area contributed by atoms with Crippen molar-refractivity contribution in [3.8, 4) is 11.1 Å². The van der Waals surface area contributed by atoms with Crippen LogP contribution < -0.4 is 15.8 Å². The first-order valence-corrected chi connectivity index (χ1v) is 11.8. The molecular weight excluding hydrogens is 463 g/mol. The van der Waals surface area contributed by atoms with E-state index in [0.29, 0.717) is 39.4 Å². The molecule has 0 aliphatic carbocycles. The van der Waals surface area contributed by atoms with E-state index in [1.807, 2.05) is 27.7 Å². The SMILES string of the molecule is Cc1nc(N2CCC(C)(CNC(=O)OC(C)(C)C)CC2)n(C)c(=O)c1-c1cccc(Cl)c1Cl. The highest BCUT2D eigenvalue weighted by Crippen LogP contribution is 2.35. The summed E-state index contributed by atoms with van der Waals surface area (Å²) in [4.78, 5) is 32.2. The Morgan fingerprint density at radius 3 is 2.48 bits per heavy atom. The maximum atomic E-state index is 13.3. The number of aromatic nitrogens is 2. The minimum atomic E-state index is -0.524.